The van der Waals surface area contributed by atoms with Crippen molar-refractivity contribution in [1.29, 1.82) is 0 Å². The van der Waals surface area contributed by atoms with Crippen LogP contribution >= 0.6 is 0 Å². The minimum atomic E-state index is -0.362. The lowest BCUT2D eigenvalue weighted by Crippen LogP contribution is -2.25. The van der Waals surface area contributed by atoms with Crippen molar-refractivity contribution in [1.82, 2.24) is 15.0 Å². The molecule has 290 valence electrons. The summed E-state index contributed by atoms with van der Waals surface area (Å²) >= 11 is 0. The smallest absolute Gasteiger partial charge is 0.164 e. The van der Waals surface area contributed by atoms with Crippen molar-refractivity contribution in [3.05, 3.63) is 233 Å². The molecule has 0 aliphatic heterocycles. The van der Waals surface area contributed by atoms with Gasteiger partial charge in [-0.05, 0) is 91.4 Å². The fourth-order valence-corrected chi connectivity index (χ4v) is 10.5. The number of fused-ring (bicyclic) bond motifs is 13. The number of allylic oxidation sites excluding steroid dienone is 1. The first-order valence-corrected chi connectivity index (χ1v) is 21.4. The van der Waals surface area contributed by atoms with Gasteiger partial charge in [0, 0.05) is 34.1 Å². The molecule has 0 N–H and O–H groups in total. The van der Waals surface area contributed by atoms with E-state index in [-0.39, 0.29) is 5.41 Å². The molecule has 0 radical (unpaired) electrons. The van der Waals surface area contributed by atoms with E-state index in [2.05, 4.69) is 133 Å². The molecule has 0 saturated carbocycles. The first-order chi connectivity index (χ1) is 30.7. The van der Waals surface area contributed by atoms with E-state index in [0.29, 0.717) is 17.5 Å². The number of nitrogens with zero attached hydrogens (tertiary/aromatic N) is 3. The minimum absolute atomic E-state index is 0.362. The van der Waals surface area contributed by atoms with Crippen molar-refractivity contribution >= 4 is 22.6 Å². The standard InChI is InChI=1S/C58H37N3O/c1-3-14-38(15-4-1)55-59-56(39-16-5-2-6-17-39)61-57(60-55)46-21-13-25-53-54(46)47-34-40(31-33-52(47)62-53)36-26-28-37(29-27-36)41-30-32-45-44-20-9-12-24-50(44)58(51(45)35-41)48-22-10-7-18-42(48)43-19-8-11-23-49(43)58/h1-30,32,34-35H,31,33H2. The van der Waals surface area contributed by atoms with Crippen molar-refractivity contribution in [2.45, 2.75) is 18.3 Å². The highest BCUT2D eigenvalue weighted by Gasteiger charge is 2.51. The highest BCUT2D eigenvalue weighted by atomic mass is 16.3. The number of hydrogen-bond donors (Lipinski definition) is 0. The number of rotatable bonds is 5. The molecule has 4 nitrogen and oxygen atoms in total. The van der Waals surface area contributed by atoms with E-state index in [1.54, 1.807) is 0 Å². The molecule has 3 aliphatic carbocycles. The van der Waals surface area contributed by atoms with Crippen LogP contribution in [0.25, 0.3) is 90.2 Å². The van der Waals surface area contributed by atoms with E-state index in [9.17, 15) is 0 Å². The molecule has 10 aromatic rings. The predicted molar refractivity (Wildman–Crippen MR) is 250 cm³/mol. The fraction of sp³-hybridized carbons (Fsp3) is 0.0517. The number of aryl methyl sites for hydroxylation is 1. The van der Waals surface area contributed by atoms with Crippen LogP contribution in [-0.2, 0) is 11.8 Å². The van der Waals surface area contributed by atoms with Gasteiger partial charge < -0.3 is 4.42 Å². The Morgan fingerprint density at radius 1 is 0.371 bits per heavy atom. The van der Waals surface area contributed by atoms with Crippen LogP contribution < -0.4 is 0 Å². The van der Waals surface area contributed by atoms with E-state index in [0.717, 1.165) is 51.8 Å². The number of aromatic nitrogens is 3. The maximum absolute atomic E-state index is 6.57. The Bertz CT molecular complexity index is 3330. The van der Waals surface area contributed by atoms with Gasteiger partial charge in [-0.1, -0.05) is 182 Å². The van der Waals surface area contributed by atoms with E-state index in [4.69, 9.17) is 19.4 Å². The second-order valence-corrected chi connectivity index (χ2v) is 16.5. The molecule has 2 aromatic heterocycles. The van der Waals surface area contributed by atoms with Gasteiger partial charge in [-0.15, -0.1) is 0 Å². The van der Waals surface area contributed by atoms with Gasteiger partial charge in [-0.2, -0.15) is 0 Å². The maximum atomic E-state index is 6.57. The Hall–Kier alpha value is -7.95. The SMILES string of the molecule is C1=C(c2ccc(-c3ccc4c(c3)C3(c5ccccc5-c5ccccc53)c3ccccc3-4)cc2)CCc2oc3cccc(-c4nc(-c5ccccc5)nc(-c5ccccc5)n4)c3c21. The van der Waals surface area contributed by atoms with Gasteiger partial charge in [-0.3, -0.25) is 0 Å². The molecule has 1 spiro atoms. The van der Waals surface area contributed by atoms with Gasteiger partial charge in [0.15, 0.2) is 17.5 Å². The Labute approximate surface area is 359 Å². The van der Waals surface area contributed by atoms with Crippen molar-refractivity contribution in [2.75, 3.05) is 0 Å². The molecule has 0 fully saturated rings. The molecule has 0 bridgehead atoms. The van der Waals surface area contributed by atoms with Crippen molar-refractivity contribution in [3.8, 4) is 67.5 Å². The summed E-state index contributed by atoms with van der Waals surface area (Å²) in [5.41, 5.74) is 20.0. The van der Waals surface area contributed by atoms with Gasteiger partial charge in [0.2, 0.25) is 0 Å². The highest BCUT2D eigenvalue weighted by Crippen LogP contribution is 2.63. The lowest BCUT2D eigenvalue weighted by Gasteiger charge is -2.30. The lowest BCUT2D eigenvalue weighted by atomic mass is 9.70. The third-order valence-electron chi connectivity index (χ3n) is 13.3. The van der Waals surface area contributed by atoms with Crippen molar-refractivity contribution in [2.24, 2.45) is 0 Å². The molecule has 62 heavy (non-hydrogen) atoms. The Morgan fingerprint density at radius 2 is 0.871 bits per heavy atom. The molecule has 3 aliphatic rings. The lowest BCUT2D eigenvalue weighted by molar-refractivity contribution is 0.548. The summed E-state index contributed by atoms with van der Waals surface area (Å²) in [5, 5.41) is 1.03. The summed E-state index contributed by atoms with van der Waals surface area (Å²) in [5.74, 6) is 2.90. The fourth-order valence-electron chi connectivity index (χ4n) is 10.5. The highest BCUT2D eigenvalue weighted by molar-refractivity contribution is 6.03. The first-order valence-electron chi connectivity index (χ1n) is 21.4. The van der Waals surface area contributed by atoms with E-state index in [1.807, 2.05) is 66.7 Å². The zero-order chi connectivity index (χ0) is 40.8. The van der Waals surface area contributed by atoms with Crippen molar-refractivity contribution < 1.29 is 4.42 Å². The van der Waals surface area contributed by atoms with Crippen LogP contribution in [0.15, 0.2) is 199 Å². The minimum Gasteiger partial charge on any atom is -0.460 e. The Balaban J connectivity index is 0.896. The van der Waals surface area contributed by atoms with Crippen LogP contribution in [0.1, 0.15) is 45.6 Å². The molecule has 8 aromatic carbocycles. The topological polar surface area (TPSA) is 51.8 Å². The third kappa shape index (κ3) is 5.10. The molecular formula is C58H37N3O. The summed E-state index contributed by atoms with van der Waals surface area (Å²) < 4.78 is 6.57. The third-order valence-corrected chi connectivity index (χ3v) is 13.3. The molecule has 13 rings (SSSR count). The summed E-state index contributed by atoms with van der Waals surface area (Å²) in [6, 6.07) is 69.7. The summed E-state index contributed by atoms with van der Waals surface area (Å²) in [6.45, 7) is 0. The Kier molecular flexibility index (Phi) is 7.61. The summed E-state index contributed by atoms with van der Waals surface area (Å²) in [6.07, 6.45) is 4.03. The van der Waals surface area contributed by atoms with Gasteiger partial charge in [0.25, 0.3) is 0 Å². The quantitative estimate of drug-likeness (QED) is 0.174. The van der Waals surface area contributed by atoms with Crippen LogP contribution in [0.2, 0.25) is 0 Å². The molecule has 0 saturated heterocycles. The number of furan rings is 1. The first kappa shape index (κ1) is 34.9. The summed E-state index contributed by atoms with van der Waals surface area (Å²) in [7, 11) is 0. The monoisotopic (exact) mass is 791 g/mol. The van der Waals surface area contributed by atoms with Crippen LogP contribution in [0.3, 0.4) is 0 Å². The second kappa shape index (κ2) is 13.5. The van der Waals surface area contributed by atoms with Gasteiger partial charge in [0.05, 0.1) is 5.41 Å². The van der Waals surface area contributed by atoms with Crippen LogP contribution in [0.4, 0.5) is 0 Å². The normalized spacial score (nSPS) is 13.9. The average molecular weight is 792 g/mol. The van der Waals surface area contributed by atoms with Gasteiger partial charge in [-0.25, -0.2) is 15.0 Å². The molecule has 4 heteroatoms. The van der Waals surface area contributed by atoms with E-state index < -0.39 is 0 Å². The van der Waals surface area contributed by atoms with Gasteiger partial charge in [0.1, 0.15) is 11.3 Å². The molecule has 0 unspecified atom stereocenters. The molecule has 0 amide bonds. The number of hydrogen-bond acceptors (Lipinski definition) is 4. The van der Waals surface area contributed by atoms with E-state index >= 15 is 0 Å². The Morgan fingerprint density at radius 3 is 1.48 bits per heavy atom. The molecular weight excluding hydrogens is 755 g/mol. The average Bonchev–Trinajstić information content (AvgIpc) is 3.98. The number of benzene rings is 8. The largest absolute Gasteiger partial charge is 0.460 e. The molecule has 0 atom stereocenters. The predicted octanol–water partition coefficient (Wildman–Crippen LogP) is 14.1. The van der Waals surface area contributed by atoms with Crippen LogP contribution in [0.5, 0.6) is 0 Å². The second-order valence-electron chi connectivity index (χ2n) is 16.5. The van der Waals surface area contributed by atoms with Crippen molar-refractivity contribution in [3.63, 3.8) is 0 Å². The maximum Gasteiger partial charge on any atom is 0.164 e. The zero-order valence-electron chi connectivity index (χ0n) is 33.7. The van der Waals surface area contributed by atoms with E-state index in [1.165, 1.54) is 66.8 Å². The summed E-state index contributed by atoms with van der Waals surface area (Å²) in [4.78, 5) is 15.1. The van der Waals surface area contributed by atoms with Gasteiger partial charge >= 0.3 is 0 Å². The molecule has 2 heterocycles. The zero-order valence-corrected chi connectivity index (χ0v) is 33.7. The van der Waals surface area contributed by atoms with Crippen LogP contribution in [0, 0.1) is 0 Å². The van der Waals surface area contributed by atoms with Crippen LogP contribution in [-0.4, -0.2) is 15.0 Å².